The molecule has 4 nitrogen and oxygen atoms in total. The highest BCUT2D eigenvalue weighted by atomic mass is 15.1. The standard InChI is InChI=1S/C25H22N4/c1-3-9-19(10-4-1)23-25(28-24(27-23)20-11-5-2-6-12-20)26-21-13-15-22(16-14-21)29-17-7-8-18-29/h1-6,9-16H,7-8,17-18H2/b26-25-. The van der Waals surface area contributed by atoms with E-state index in [0.717, 1.165) is 35.6 Å². The second kappa shape index (κ2) is 7.84. The van der Waals surface area contributed by atoms with Crippen LogP contribution < -0.4 is 4.90 Å². The van der Waals surface area contributed by atoms with E-state index < -0.39 is 0 Å². The van der Waals surface area contributed by atoms with Crippen LogP contribution in [0, 0.1) is 0 Å². The first-order chi connectivity index (χ1) is 14.4. The van der Waals surface area contributed by atoms with Crippen molar-refractivity contribution in [3.05, 3.63) is 96.1 Å². The summed E-state index contributed by atoms with van der Waals surface area (Å²) in [6.07, 6.45) is 2.55. The molecule has 3 aromatic carbocycles. The van der Waals surface area contributed by atoms with E-state index >= 15 is 0 Å². The first kappa shape index (κ1) is 17.6. The summed E-state index contributed by atoms with van der Waals surface area (Å²) >= 11 is 0. The molecule has 0 N–H and O–H groups in total. The molecule has 0 aliphatic carbocycles. The van der Waals surface area contributed by atoms with Crippen molar-refractivity contribution in [3.63, 3.8) is 0 Å². The van der Waals surface area contributed by atoms with Gasteiger partial charge in [0.25, 0.3) is 0 Å². The average molecular weight is 378 g/mol. The molecule has 0 saturated carbocycles. The van der Waals surface area contributed by atoms with E-state index in [-0.39, 0.29) is 0 Å². The van der Waals surface area contributed by atoms with Gasteiger partial charge in [-0.25, -0.2) is 15.0 Å². The van der Waals surface area contributed by atoms with Gasteiger partial charge in [0.2, 0.25) is 0 Å². The first-order valence-corrected chi connectivity index (χ1v) is 10.1. The predicted molar refractivity (Wildman–Crippen MR) is 121 cm³/mol. The number of aliphatic imine (C=N–C) groups is 3. The van der Waals surface area contributed by atoms with Crippen molar-refractivity contribution in [2.45, 2.75) is 12.8 Å². The molecule has 5 rings (SSSR count). The van der Waals surface area contributed by atoms with Crippen LogP contribution in [0.1, 0.15) is 24.0 Å². The van der Waals surface area contributed by atoms with Crippen LogP contribution >= 0.6 is 0 Å². The van der Waals surface area contributed by atoms with E-state index in [1.54, 1.807) is 0 Å². The molecule has 2 aliphatic rings. The molecule has 1 fully saturated rings. The van der Waals surface area contributed by atoms with Crippen molar-refractivity contribution in [1.29, 1.82) is 0 Å². The van der Waals surface area contributed by atoms with Crippen molar-refractivity contribution in [1.82, 2.24) is 0 Å². The zero-order valence-corrected chi connectivity index (χ0v) is 16.2. The number of hydrogen-bond donors (Lipinski definition) is 0. The van der Waals surface area contributed by atoms with Gasteiger partial charge < -0.3 is 4.90 Å². The minimum Gasteiger partial charge on any atom is -0.372 e. The highest BCUT2D eigenvalue weighted by Crippen LogP contribution is 2.24. The zero-order chi connectivity index (χ0) is 19.5. The highest BCUT2D eigenvalue weighted by Gasteiger charge is 2.21. The van der Waals surface area contributed by atoms with Crippen LogP contribution in [0.5, 0.6) is 0 Å². The summed E-state index contributed by atoms with van der Waals surface area (Å²) in [6, 6.07) is 28.6. The minimum absolute atomic E-state index is 0.656. The molecule has 142 valence electrons. The molecule has 0 aromatic heterocycles. The third kappa shape index (κ3) is 3.74. The maximum Gasteiger partial charge on any atom is 0.181 e. The molecule has 4 heteroatoms. The van der Waals surface area contributed by atoms with Crippen LogP contribution in [-0.2, 0) is 0 Å². The summed E-state index contributed by atoms with van der Waals surface area (Å²) < 4.78 is 0. The Morgan fingerprint density at radius 1 is 0.655 bits per heavy atom. The van der Waals surface area contributed by atoms with Crippen molar-refractivity contribution < 1.29 is 0 Å². The maximum absolute atomic E-state index is 4.84. The molecule has 2 heterocycles. The van der Waals surface area contributed by atoms with Gasteiger partial charge in [0.05, 0.1) is 5.69 Å². The van der Waals surface area contributed by atoms with Crippen LogP contribution in [0.25, 0.3) is 0 Å². The lowest BCUT2D eigenvalue weighted by molar-refractivity contribution is 0.949. The SMILES string of the molecule is c1ccc(C2=N/C(=N\c3ccc(N4CCCC4)cc3)C(c3ccccc3)=N2)cc1. The Morgan fingerprint density at radius 3 is 1.93 bits per heavy atom. The molecule has 0 amide bonds. The Labute approximate surface area is 171 Å². The highest BCUT2D eigenvalue weighted by molar-refractivity contribution is 6.54. The molecule has 2 aliphatic heterocycles. The molecular weight excluding hydrogens is 356 g/mol. The van der Waals surface area contributed by atoms with E-state index in [9.17, 15) is 0 Å². The average Bonchev–Trinajstić information content (AvgIpc) is 3.46. The lowest BCUT2D eigenvalue weighted by Gasteiger charge is -2.17. The second-order valence-electron chi connectivity index (χ2n) is 7.27. The minimum atomic E-state index is 0.656. The van der Waals surface area contributed by atoms with Crippen molar-refractivity contribution in [2.75, 3.05) is 18.0 Å². The van der Waals surface area contributed by atoms with Crippen LogP contribution in [0.15, 0.2) is 99.9 Å². The van der Waals surface area contributed by atoms with Gasteiger partial charge in [0.15, 0.2) is 11.7 Å². The van der Waals surface area contributed by atoms with Gasteiger partial charge in [-0.2, -0.15) is 0 Å². The van der Waals surface area contributed by atoms with Gasteiger partial charge in [-0.05, 0) is 37.1 Å². The van der Waals surface area contributed by atoms with Gasteiger partial charge in [-0.3, -0.25) is 0 Å². The Balaban J connectivity index is 1.50. The van der Waals surface area contributed by atoms with E-state index in [2.05, 4.69) is 29.2 Å². The maximum atomic E-state index is 4.84. The molecular formula is C25H22N4. The second-order valence-corrected chi connectivity index (χ2v) is 7.27. The van der Waals surface area contributed by atoms with E-state index in [0.29, 0.717) is 11.7 Å². The number of hydrogen-bond acceptors (Lipinski definition) is 3. The Morgan fingerprint density at radius 2 is 1.28 bits per heavy atom. The van der Waals surface area contributed by atoms with Gasteiger partial charge in [0, 0.05) is 29.9 Å². The quantitative estimate of drug-likeness (QED) is 0.610. The van der Waals surface area contributed by atoms with Crippen molar-refractivity contribution in [2.24, 2.45) is 15.0 Å². The molecule has 3 aromatic rings. The molecule has 0 bridgehead atoms. The monoisotopic (exact) mass is 378 g/mol. The van der Waals surface area contributed by atoms with E-state index in [1.807, 2.05) is 60.7 Å². The van der Waals surface area contributed by atoms with E-state index in [4.69, 9.17) is 15.0 Å². The Hall–Kier alpha value is -3.53. The summed E-state index contributed by atoms with van der Waals surface area (Å²) in [7, 11) is 0. The van der Waals surface area contributed by atoms with Crippen LogP contribution in [-0.4, -0.2) is 30.5 Å². The summed E-state index contributed by atoms with van der Waals surface area (Å²) in [5, 5.41) is 0. The predicted octanol–water partition coefficient (Wildman–Crippen LogP) is 5.27. The first-order valence-electron chi connectivity index (χ1n) is 10.1. The summed E-state index contributed by atoms with van der Waals surface area (Å²) in [4.78, 5) is 16.8. The van der Waals surface area contributed by atoms with Crippen molar-refractivity contribution >= 4 is 28.8 Å². The zero-order valence-electron chi connectivity index (χ0n) is 16.2. The lowest BCUT2D eigenvalue weighted by atomic mass is 10.1. The van der Waals surface area contributed by atoms with Gasteiger partial charge >= 0.3 is 0 Å². The molecule has 0 spiro atoms. The number of rotatable bonds is 4. The number of benzene rings is 3. The summed E-state index contributed by atoms with van der Waals surface area (Å²) in [5.41, 5.74) is 4.99. The molecule has 0 radical (unpaired) electrons. The number of anilines is 1. The Kier molecular flexibility index (Phi) is 4.75. The van der Waals surface area contributed by atoms with E-state index in [1.165, 1.54) is 18.5 Å². The summed E-state index contributed by atoms with van der Waals surface area (Å²) in [6.45, 7) is 2.28. The molecule has 29 heavy (non-hydrogen) atoms. The Bertz CT molecular complexity index is 1070. The number of nitrogens with zero attached hydrogens (tertiary/aromatic N) is 4. The van der Waals surface area contributed by atoms with Crippen LogP contribution in [0.4, 0.5) is 11.4 Å². The fourth-order valence-corrected chi connectivity index (χ4v) is 3.75. The van der Waals surface area contributed by atoms with Gasteiger partial charge in [0.1, 0.15) is 5.71 Å². The molecule has 0 unspecified atom stereocenters. The summed E-state index contributed by atoms with van der Waals surface area (Å²) in [5.74, 6) is 1.36. The largest absolute Gasteiger partial charge is 0.372 e. The third-order valence-electron chi connectivity index (χ3n) is 5.28. The normalized spacial score (nSPS) is 17.5. The van der Waals surface area contributed by atoms with Crippen molar-refractivity contribution in [3.8, 4) is 0 Å². The molecule has 0 atom stereocenters. The smallest absolute Gasteiger partial charge is 0.181 e. The fourth-order valence-electron chi connectivity index (χ4n) is 3.75. The molecule has 1 saturated heterocycles. The van der Waals surface area contributed by atoms with Crippen LogP contribution in [0.3, 0.4) is 0 Å². The van der Waals surface area contributed by atoms with Crippen LogP contribution in [0.2, 0.25) is 0 Å². The van der Waals surface area contributed by atoms with Gasteiger partial charge in [-0.1, -0.05) is 60.7 Å². The fraction of sp³-hybridized carbons (Fsp3) is 0.160. The number of amidine groups is 2. The topological polar surface area (TPSA) is 40.3 Å². The van der Waals surface area contributed by atoms with Gasteiger partial charge in [-0.15, -0.1) is 0 Å². The third-order valence-corrected chi connectivity index (χ3v) is 5.28. The lowest BCUT2D eigenvalue weighted by Crippen LogP contribution is -2.17.